The highest BCUT2D eigenvalue weighted by Crippen LogP contribution is 2.31. The number of nitrogens with zero attached hydrogens (tertiary/aromatic N) is 1. The minimum absolute atomic E-state index is 0.0357. The van der Waals surface area contributed by atoms with Gasteiger partial charge in [-0.15, -0.1) is 0 Å². The Morgan fingerprint density at radius 3 is 3.08 bits per heavy atom. The first-order valence-corrected chi connectivity index (χ1v) is 7.78. The zero-order valence-corrected chi connectivity index (χ0v) is 13.4. The van der Waals surface area contributed by atoms with Crippen LogP contribution in [-0.2, 0) is 11.2 Å². The van der Waals surface area contributed by atoms with E-state index in [1.807, 2.05) is 12.1 Å². The lowest BCUT2D eigenvalue weighted by Gasteiger charge is -2.22. The van der Waals surface area contributed by atoms with Crippen molar-refractivity contribution in [1.82, 2.24) is 5.32 Å². The smallest absolute Gasteiger partial charge is 0.258 e. The van der Waals surface area contributed by atoms with E-state index >= 15 is 0 Å². The number of carbonyl (C=O) groups is 1. The van der Waals surface area contributed by atoms with E-state index in [9.17, 15) is 4.79 Å². The normalized spacial score (nSPS) is 15.9. The molecule has 1 N–H and O–H groups in total. The Labute approximate surface area is 140 Å². The summed E-state index contributed by atoms with van der Waals surface area (Å²) in [4.78, 5) is 12.2. The van der Waals surface area contributed by atoms with Gasteiger partial charge in [0.1, 0.15) is 5.76 Å². The Morgan fingerprint density at radius 2 is 2.29 bits per heavy atom. The molecule has 0 aliphatic heterocycles. The molecule has 6 nitrogen and oxygen atoms in total. The van der Waals surface area contributed by atoms with E-state index in [4.69, 9.17) is 19.2 Å². The summed E-state index contributed by atoms with van der Waals surface area (Å²) in [5.74, 6) is 1.60. The molecule has 24 heavy (non-hydrogen) atoms. The van der Waals surface area contributed by atoms with Gasteiger partial charge in [-0.3, -0.25) is 4.79 Å². The number of ether oxygens (including phenoxy) is 2. The molecule has 0 radical (unpaired) electrons. The van der Waals surface area contributed by atoms with Crippen LogP contribution in [0.25, 0.3) is 0 Å². The number of aryl methyl sites for hydroxylation is 1. The second-order valence-electron chi connectivity index (χ2n) is 5.58. The molecular weight excluding hydrogens is 308 g/mol. The molecule has 1 aromatic heterocycles. The number of rotatable bonds is 5. The van der Waals surface area contributed by atoms with Crippen molar-refractivity contribution in [3.8, 4) is 17.6 Å². The van der Waals surface area contributed by atoms with Gasteiger partial charge >= 0.3 is 0 Å². The summed E-state index contributed by atoms with van der Waals surface area (Å²) in [6.45, 7) is -0.119. The first kappa shape index (κ1) is 15.9. The van der Waals surface area contributed by atoms with Crippen molar-refractivity contribution in [3.63, 3.8) is 0 Å². The maximum absolute atomic E-state index is 12.2. The van der Waals surface area contributed by atoms with Gasteiger partial charge in [0.05, 0.1) is 31.0 Å². The molecule has 1 aromatic carbocycles. The predicted molar refractivity (Wildman–Crippen MR) is 85.7 cm³/mol. The average Bonchev–Trinajstić information content (AvgIpc) is 3.09. The lowest BCUT2D eigenvalue weighted by Crippen LogP contribution is -2.34. The number of amides is 1. The number of fused-ring (bicyclic) bond motifs is 1. The topological polar surface area (TPSA) is 84.5 Å². The first-order valence-electron chi connectivity index (χ1n) is 7.78. The van der Waals surface area contributed by atoms with Crippen molar-refractivity contribution < 1.29 is 18.7 Å². The van der Waals surface area contributed by atoms with Crippen LogP contribution >= 0.6 is 0 Å². The minimum atomic E-state index is -0.208. The molecule has 1 aliphatic carbocycles. The molecule has 0 spiro atoms. The molecule has 2 aromatic rings. The Hall–Kier alpha value is -2.94. The Bertz CT molecular complexity index is 776. The summed E-state index contributed by atoms with van der Waals surface area (Å²) in [7, 11) is 1.49. The molecule has 0 saturated carbocycles. The number of carbonyl (C=O) groups excluding carboxylic acids is 1. The molecule has 124 valence electrons. The number of nitriles is 1. The van der Waals surface area contributed by atoms with Crippen LogP contribution in [0, 0.1) is 11.3 Å². The van der Waals surface area contributed by atoms with Gasteiger partial charge in [0.25, 0.3) is 5.91 Å². The van der Waals surface area contributed by atoms with Gasteiger partial charge < -0.3 is 19.2 Å². The summed E-state index contributed by atoms with van der Waals surface area (Å²) in [5, 5.41) is 11.9. The van der Waals surface area contributed by atoms with E-state index in [0.717, 1.165) is 30.6 Å². The number of methoxy groups -OCH3 is 1. The summed E-state index contributed by atoms with van der Waals surface area (Å²) in [5.41, 5.74) is 1.52. The molecule has 1 amide bonds. The van der Waals surface area contributed by atoms with E-state index in [1.54, 1.807) is 24.5 Å². The molecule has 1 atom stereocenters. The van der Waals surface area contributed by atoms with Gasteiger partial charge in [0, 0.05) is 18.1 Å². The molecular formula is C18H18N2O4. The van der Waals surface area contributed by atoms with Crippen LogP contribution in [0.3, 0.4) is 0 Å². The zero-order valence-electron chi connectivity index (χ0n) is 13.4. The Kier molecular flexibility index (Phi) is 4.71. The highest BCUT2D eigenvalue weighted by atomic mass is 16.5. The molecule has 0 saturated heterocycles. The van der Waals surface area contributed by atoms with E-state index in [1.165, 1.54) is 7.11 Å². The minimum Gasteiger partial charge on any atom is -0.493 e. The largest absolute Gasteiger partial charge is 0.493 e. The van der Waals surface area contributed by atoms with Crippen molar-refractivity contribution in [2.24, 2.45) is 0 Å². The summed E-state index contributed by atoms with van der Waals surface area (Å²) >= 11 is 0. The lowest BCUT2D eigenvalue weighted by molar-refractivity contribution is -0.124. The maximum Gasteiger partial charge on any atom is 0.258 e. The highest BCUT2D eigenvalue weighted by Gasteiger charge is 2.24. The molecule has 0 bridgehead atoms. The number of hydrogen-bond donors (Lipinski definition) is 1. The Balaban J connectivity index is 1.60. The molecule has 0 fully saturated rings. The zero-order chi connectivity index (χ0) is 16.9. The fourth-order valence-electron chi connectivity index (χ4n) is 2.87. The van der Waals surface area contributed by atoms with E-state index in [2.05, 4.69) is 5.32 Å². The van der Waals surface area contributed by atoms with Crippen molar-refractivity contribution in [1.29, 1.82) is 5.26 Å². The Morgan fingerprint density at radius 1 is 1.42 bits per heavy atom. The van der Waals surface area contributed by atoms with E-state index in [-0.39, 0.29) is 18.6 Å². The van der Waals surface area contributed by atoms with Crippen molar-refractivity contribution in [2.45, 2.75) is 25.3 Å². The van der Waals surface area contributed by atoms with Crippen LogP contribution in [-0.4, -0.2) is 19.6 Å². The maximum atomic E-state index is 12.2. The summed E-state index contributed by atoms with van der Waals surface area (Å²) in [6, 6.07) is 8.72. The van der Waals surface area contributed by atoms with Crippen molar-refractivity contribution >= 4 is 5.91 Å². The van der Waals surface area contributed by atoms with Gasteiger partial charge in [-0.25, -0.2) is 0 Å². The SMILES string of the molecule is COc1cc(C#N)ccc1OCC(=O)NC1CCCc2occc21. The van der Waals surface area contributed by atoms with Crippen LogP contribution in [0.2, 0.25) is 0 Å². The number of furan rings is 1. The second kappa shape index (κ2) is 7.09. The van der Waals surface area contributed by atoms with Crippen LogP contribution in [0.4, 0.5) is 0 Å². The quantitative estimate of drug-likeness (QED) is 0.913. The highest BCUT2D eigenvalue weighted by molar-refractivity contribution is 5.78. The van der Waals surface area contributed by atoms with Gasteiger partial charge in [0.15, 0.2) is 18.1 Å². The van der Waals surface area contributed by atoms with Gasteiger partial charge in [0.2, 0.25) is 0 Å². The van der Waals surface area contributed by atoms with Gasteiger partial charge in [-0.2, -0.15) is 5.26 Å². The monoisotopic (exact) mass is 326 g/mol. The standard InChI is InChI=1S/C18H18N2O4/c1-22-17-9-12(10-19)5-6-16(17)24-11-18(21)20-14-3-2-4-15-13(14)7-8-23-15/h5-9,14H,2-4,11H2,1H3,(H,20,21). The summed E-state index contributed by atoms with van der Waals surface area (Å²) in [6.07, 6.45) is 4.44. The van der Waals surface area contributed by atoms with Crippen LogP contribution < -0.4 is 14.8 Å². The summed E-state index contributed by atoms with van der Waals surface area (Å²) < 4.78 is 16.1. The van der Waals surface area contributed by atoms with Crippen LogP contribution in [0.15, 0.2) is 34.9 Å². The molecule has 6 heteroatoms. The predicted octanol–water partition coefficient (Wildman–Crippen LogP) is 2.73. The van der Waals surface area contributed by atoms with Crippen molar-refractivity contribution in [3.05, 3.63) is 47.4 Å². The molecule has 1 unspecified atom stereocenters. The van der Waals surface area contributed by atoms with E-state index in [0.29, 0.717) is 17.1 Å². The fraction of sp³-hybridized carbons (Fsp3) is 0.333. The average molecular weight is 326 g/mol. The van der Waals surface area contributed by atoms with Crippen LogP contribution in [0.1, 0.15) is 35.8 Å². The lowest BCUT2D eigenvalue weighted by atomic mass is 9.93. The first-order chi connectivity index (χ1) is 11.7. The third-order valence-electron chi connectivity index (χ3n) is 4.04. The van der Waals surface area contributed by atoms with Crippen molar-refractivity contribution in [2.75, 3.05) is 13.7 Å². The van der Waals surface area contributed by atoms with Crippen LogP contribution in [0.5, 0.6) is 11.5 Å². The number of benzene rings is 1. The third kappa shape index (κ3) is 3.35. The van der Waals surface area contributed by atoms with Gasteiger partial charge in [-0.1, -0.05) is 0 Å². The van der Waals surface area contributed by atoms with E-state index < -0.39 is 0 Å². The molecule has 1 aliphatic rings. The second-order valence-corrected chi connectivity index (χ2v) is 5.58. The van der Waals surface area contributed by atoms with Gasteiger partial charge in [-0.05, 0) is 31.0 Å². The molecule has 1 heterocycles. The number of nitrogens with one attached hydrogen (secondary N) is 1. The third-order valence-corrected chi connectivity index (χ3v) is 4.04. The fourth-order valence-corrected chi connectivity index (χ4v) is 2.87. The molecule has 3 rings (SSSR count). The number of hydrogen-bond acceptors (Lipinski definition) is 5.